The van der Waals surface area contributed by atoms with E-state index in [0.717, 1.165) is 17.3 Å². The molecule has 0 aliphatic rings. The largest absolute Gasteiger partial charge is 0.484 e. The highest BCUT2D eigenvalue weighted by molar-refractivity contribution is 9.10. The summed E-state index contributed by atoms with van der Waals surface area (Å²) in [4.78, 5) is 11.6. The van der Waals surface area contributed by atoms with Crippen LogP contribution in [0.2, 0.25) is 0 Å². The molecule has 0 radical (unpaired) electrons. The van der Waals surface area contributed by atoms with E-state index in [-0.39, 0.29) is 12.5 Å². The maximum absolute atomic E-state index is 11.6. The zero-order chi connectivity index (χ0) is 15.6. The zero-order valence-corrected chi connectivity index (χ0v) is 13.6. The van der Waals surface area contributed by atoms with Gasteiger partial charge < -0.3 is 4.74 Å². The van der Waals surface area contributed by atoms with Crippen LogP contribution in [-0.4, -0.2) is 18.7 Å². The Bertz CT molecular complexity index is 630. The molecule has 0 heterocycles. The Morgan fingerprint density at radius 2 is 2.00 bits per heavy atom. The van der Waals surface area contributed by atoms with Crippen LogP contribution >= 0.6 is 15.9 Å². The number of amides is 1. The van der Waals surface area contributed by atoms with Crippen LogP contribution in [-0.2, 0) is 11.2 Å². The molecule has 0 unspecified atom stereocenters. The Kier molecular flexibility index (Phi) is 6.64. The van der Waals surface area contributed by atoms with Crippen molar-refractivity contribution in [2.45, 2.75) is 12.8 Å². The number of hydrazone groups is 1. The average molecular weight is 361 g/mol. The Hall–Kier alpha value is -2.14. The van der Waals surface area contributed by atoms with Gasteiger partial charge in [-0.25, -0.2) is 5.43 Å². The minimum atomic E-state index is -0.282. The number of hydrogen-bond donors (Lipinski definition) is 1. The minimum absolute atomic E-state index is 0.0630. The fraction of sp³-hybridized carbons (Fsp3) is 0.176. The summed E-state index contributed by atoms with van der Waals surface area (Å²) in [5.74, 6) is 0.355. The highest BCUT2D eigenvalue weighted by Crippen LogP contribution is 2.17. The molecule has 114 valence electrons. The number of ether oxygens (including phenoxy) is 1. The minimum Gasteiger partial charge on any atom is -0.484 e. The van der Waals surface area contributed by atoms with Crippen LogP contribution in [0.4, 0.5) is 0 Å². The fourth-order valence-electron chi connectivity index (χ4n) is 1.80. The van der Waals surface area contributed by atoms with E-state index in [2.05, 4.69) is 38.6 Å². The topological polar surface area (TPSA) is 50.7 Å². The molecule has 2 aromatic carbocycles. The Labute approximate surface area is 138 Å². The van der Waals surface area contributed by atoms with Crippen molar-refractivity contribution in [3.63, 3.8) is 0 Å². The summed E-state index contributed by atoms with van der Waals surface area (Å²) in [6.45, 7) is -0.0630. The predicted molar refractivity (Wildman–Crippen MR) is 91.0 cm³/mol. The van der Waals surface area contributed by atoms with Gasteiger partial charge in [-0.1, -0.05) is 52.3 Å². The lowest BCUT2D eigenvalue weighted by Crippen LogP contribution is -2.24. The van der Waals surface area contributed by atoms with Crippen molar-refractivity contribution < 1.29 is 9.53 Å². The van der Waals surface area contributed by atoms with Crippen LogP contribution in [0, 0.1) is 0 Å². The monoisotopic (exact) mass is 360 g/mol. The van der Waals surface area contributed by atoms with Crippen molar-refractivity contribution in [2.75, 3.05) is 6.61 Å². The van der Waals surface area contributed by atoms with Crippen LogP contribution in [0.3, 0.4) is 0 Å². The van der Waals surface area contributed by atoms with Crippen molar-refractivity contribution in [3.8, 4) is 5.75 Å². The lowest BCUT2D eigenvalue weighted by Gasteiger charge is -2.05. The summed E-state index contributed by atoms with van der Waals surface area (Å²) in [5.41, 5.74) is 3.70. The maximum Gasteiger partial charge on any atom is 0.277 e. The quantitative estimate of drug-likeness (QED) is 0.606. The second kappa shape index (κ2) is 9.00. The third kappa shape index (κ3) is 6.10. The SMILES string of the molecule is O=C(COc1cccc(Br)c1)N/N=C/CCc1ccccc1. The van der Waals surface area contributed by atoms with Crippen molar-refractivity contribution >= 4 is 28.1 Å². The normalized spacial score (nSPS) is 10.6. The van der Waals surface area contributed by atoms with Crippen LogP contribution in [0.5, 0.6) is 5.75 Å². The summed E-state index contributed by atoms with van der Waals surface area (Å²) in [6.07, 6.45) is 3.37. The molecule has 2 rings (SSSR count). The molecular formula is C17H17BrN2O2. The van der Waals surface area contributed by atoms with E-state index < -0.39 is 0 Å². The number of aryl methyl sites for hydroxylation is 1. The third-order valence-corrected chi connectivity index (χ3v) is 3.34. The van der Waals surface area contributed by atoms with Gasteiger partial charge in [-0.2, -0.15) is 5.10 Å². The highest BCUT2D eigenvalue weighted by Gasteiger charge is 2.01. The predicted octanol–water partition coefficient (Wildman–Crippen LogP) is 3.56. The molecule has 0 atom stereocenters. The van der Waals surface area contributed by atoms with Gasteiger partial charge in [0.15, 0.2) is 6.61 Å². The number of rotatable bonds is 7. The third-order valence-electron chi connectivity index (χ3n) is 2.85. The van der Waals surface area contributed by atoms with E-state index in [9.17, 15) is 4.79 Å². The van der Waals surface area contributed by atoms with E-state index >= 15 is 0 Å². The highest BCUT2D eigenvalue weighted by atomic mass is 79.9. The molecule has 0 aliphatic heterocycles. The van der Waals surface area contributed by atoms with Crippen molar-refractivity contribution in [1.29, 1.82) is 0 Å². The molecule has 22 heavy (non-hydrogen) atoms. The number of carbonyl (C=O) groups is 1. The first-order valence-corrected chi connectivity index (χ1v) is 7.76. The standard InChI is InChI=1S/C17H17BrN2O2/c18-15-9-4-10-16(12-15)22-13-17(21)20-19-11-5-8-14-6-2-1-3-7-14/h1-4,6-7,9-12H,5,8,13H2,(H,20,21)/b19-11+. The van der Waals surface area contributed by atoms with Gasteiger partial charge in [0.2, 0.25) is 0 Å². The van der Waals surface area contributed by atoms with Crippen LogP contribution in [0.1, 0.15) is 12.0 Å². The van der Waals surface area contributed by atoms with Crippen molar-refractivity contribution in [1.82, 2.24) is 5.43 Å². The Balaban J connectivity index is 1.64. The van der Waals surface area contributed by atoms with Gasteiger partial charge in [0.05, 0.1) is 0 Å². The second-order valence-electron chi connectivity index (χ2n) is 4.62. The summed E-state index contributed by atoms with van der Waals surface area (Å²) in [6, 6.07) is 17.5. The lowest BCUT2D eigenvalue weighted by molar-refractivity contribution is -0.123. The zero-order valence-electron chi connectivity index (χ0n) is 12.0. The smallest absolute Gasteiger partial charge is 0.277 e. The van der Waals surface area contributed by atoms with Crippen molar-refractivity contribution in [3.05, 3.63) is 64.6 Å². The second-order valence-corrected chi connectivity index (χ2v) is 5.53. The van der Waals surface area contributed by atoms with Gasteiger partial charge >= 0.3 is 0 Å². The van der Waals surface area contributed by atoms with E-state index in [0.29, 0.717) is 5.75 Å². The molecule has 0 spiro atoms. The number of benzene rings is 2. The van der Waals surface area contributed by atoms with Crippen LogP contribution in [0.25, 0.3) is 0 Å². The molecule has 0 fully saturated rings. The molecule has 0 saturated heterocycles. The first kappa shape index (κ1) is 16.2. The van der Waals surface area contributed by atoms with Gasteiger partial charge in [-0.3, -0.25) is 4.79 Å². The molecule has 2 aromatic rings. The summed E-state index contributed by atoms with van der Waals surface area (Å²) < 4.78 is 6.27. The summed E-state index contributed by atoms with van der Waals surface area (Å²) >= 11 is 3.34. The maximum atomic E-state index is 11.6. The molecule has 1 N–H and O–H groups in total. The molecular weight excluding hydrogens is 344 g/mol. The molecule has 0 aliphatic carbocycles. The molecule has 1 amide bonds. The molecule has 4 nitrogen and oxygen atoms in total. The van der Waals surface area contributed by atoms with Gasteiger partial charge in [0.1, 0.15) is 5.75 Å². The fourth-order valence-corrected chi connectivity index (χ4v) is 2.17. The van der Waals surface area contributed by atoms with Crippen LogP contribution < -0.4 is 10.2 Å². The van der Waals surface area contributed by atoms with Gasteiger partial charge in [-0.05, 0) is 36.6 Å². The first-order chi connectivity index (χ1) is 10.7. The summed E-state index contributed by atoms with van der Waals surface area (Å²) in [7, 11) is 0. The molecule has 0 bridgehead atoms. The average Bonchev–Trinajstić information content (AvgIpc) is 2.54. The Morgan fingerprint density at radius 3 is 2.77 bits per heavy atom. The molecule has 0 aromatic heterocycles. The van der Waals surface area contributed by atoms with E-state index in [1.807, 2.05) is 30.3 Å². The Morgan fingerprint density at radius 1 is 1.18 bits per heavy atom. The number of nitrogens with zero attached hydrogens (tertiary/aromatic N) is 1. The molecule has 5 heteroatoms. The van der Waals surface area contributed by atoms with Gasteiger partial charge in [0, 0.05) is 10.7 Å². The van der Waals surface area contributed by atoms with Crippen molar-refractivity contribution in [2.24, 2.45) is 5.10 Å². The van der Waals surface area contributed by atoms with E-state index in [1.165, 1.54) is 5.56 Å². The number of nitrogens with one attached hydrogen (secondary N) is 1. The summed E-state index contributed by atoms with van der Waals surface area (Å²) in [5, 5.41) is 3.90. The molecule has 0 saturated carbocycles. The first-order valence-electron chi connectivity index (χ1n) is 6.97. The van der Waals surface area contributed by atoms with Gasteiger partial charge in [-0.15, -0.1) is 0 Å². The van der Waals surface area contributed by atoms with Gasteiger partial charge in [0.25, 0.3) is 5.91 Å². The number of halogens is 1. The lowest BCUT2D eigenvalue weighted by atomic mass is 10.1. The number of hydrogen-bond acceptors (Lipinski definition) is 3. The van der Waals surface area contributed by atoms with E-state index in [4.69, 9.17) is 4.74 Å². The van der Waals surface area contributed by atoms with Crippen LogP contribution in [0.15, 0.2) is 64.2 Å². The van der Waals surface area contributed by atoms with E-state index in [1.54, 1.807) is 18.3 Å². The number of carbonyl (C=O) groups excluding carboxylic acids is 1.